The third kappa shape index (κ3) is 1.99. The van der Waals surface area contributed by atoms with Crippen LogP contribution in [0.4, 0.5) is 0 Å². The average molecular weight is 220 g/mol. The van der Waals surface area contributed by atoms with Crippen LogP contribution in [-0.4, -0.2) is 15.6 Å². The van der Waals surface area contributed by atoms with E-state index in [9.17, 15) is 4.79 Å². The van der Waals surface area contributed by atoms with E-state index in [-0.39, 0.29) is 5.78 Å². The van der Waals surface area contributed by atoms with E-state index >= 15 is 0 Å². The van der Waals surface area contributed by atoms with E-state index in [1.807, 2.05) is 36.0 Å². The van der Waals surface area contributed by atoms with Gasteiger partial charge in [-0.3, -0.25) is 9.48 Å². The lowest BCUT2D eigenvalue weighted by molar-refractivity contribution is 0.102. The Balaban J connectivity index is 2.32. The van der Waals surface area contributed by atoms with Crippen LogP contribution in [0.25, 0.3) is 10.6 Å². The van der Waals surface area contributed by atoms with E-state index in [2.05, 4.69) is 5.10 Å². The summed E-state index contributed by atoms with van der Waals surface area (Å²) in [5.41, 5.74) is 0.939. The van der Waals surface area contributed by atoms with Crippen molar-refractivity contribution in [2.24, 2.45) is 0 Å². The quantitative estimate of drug-likeness (QED) is 0.745. The van der Waals surface area contributed by atoms with Crippen LogP contribution < -0.4 is 0 Å². The molecule has 0 aromatic carbocycles. The van der Waals surface area contributed by atoms with Gasteiger partial charge in [0.05, 0.1) is 9.75 Å². The van der Waals surface area contributed by atoms with E-state index in [4.69, 9.17) is 0 Å². The van der Waals surface area contributed by atoms with Crippen LogP contribution >= 0.6 is 11.3 Å². The standard InChI is InChI=1S/C11H12N2OS/c1-3-13-7-6-9(12-13)11-5-4-10(15-11)8(2)14/h4-7H,3H2,1-2H3. The molecule has 0 fully saturated rings. The number of rotatable bonds is 3. The number of carbonyl (C=O) groups excluding carboxylic acids is 1. The van der Waals surface area contributed by atoms with Gasteiger partial charge >= 0.3 is 0 Å². The minimum atomic E-state index is 0.112. The van der Waals surface area contributed by atoms with Crippen molar-refractivity contribution in [2.45, 2.75) is 20.4 Å². The van der Waals surface area contributed by atoms with Crippen molar-refractivity contribution in [3.8, 4) is 10.6 Å². The van der Waals surface area contributed by atoms with Gasteiger partial charge in [-0.25, -0.2) is 0 Å². The molecule has 0 bridgehead atoms. The molecule has 0 spiro atoms. The molecule has 2 aromatic heterocycles. The van der Waals surface area contributed by atoms with Gasteiger partial charge in [-0.15, -0.1) is 11.3 Å². The van der Waals surface area contributed by atoms with Crippen LogP contribution in [-0.2, 0) is 6.54 Å². The summed E-state index contributed by atoms with van der Waals surface area (Å²) in [7, 11) is 0. The van der Waals surface area contributed by atoms with Crippen LogP contribution in [0.1, 0.15) is 23.5 Å². The number of hydrogen-bond acceptors (Lipinski definition) is 3. The van der Waals surface area contributed by atoms with Crippen LogP contribution in [0.15, 0.2) is 24.4 Å². The molecule has 0 N–H and O–H groups in total. The van der Waals surface area contributed by atoms with Crippen molar-refractivity contribution < 1.29 is 4.79 Å². The summed E-state index contributed by atoms with van der Waals surface area (Å²) in [5.74, 6) is 0.112. The van der Waals surface area contributed by atoms with Crippen molar-refractivity contribution >= 4 is 17.1 Å². The maximum Gasteiger partial charge on any atom is 0.169 e. The molecule has 0 unspecified atom stereocenters. The fraction of sp³-hybridized carbons (Fsp3) is 0.273. The molecule has 0 saturated carbocycles. The molecule has 4 heteroatoms. The highest BCUT2D eigenvalue weighted by molar-refractivity contribution is 7.17. The highest BCUT2D eigenvalue weighted by Gasteiger charge is 2.07. The summed E-state index contributed by atoms with van der Waals surface area (Å²) in [6, 6.07) is 5.77. The zero-order valence-electron chi connectivity index (χ0n) is 8.73. The minimum absolute atomic E-state index is 0.112. The zero-order chi connectivity index (χ0) is 10.8. The molecule has 0 aliphatic rings. The topological polar surface area (TPSA) is 34.9 Å². The molecule has 0 radical (unpaired) electrons. The molecule has 0 atom stereocenters. The second-order valence-electron chi connectivity index (χ2n) is 3.28. The fourth-order valence-corrected chi connectivity index (χ4v) is 2.20. The first-order valence-electron chi connectivity index (χ1n) is 4.85. The number of aromatic nitrogens is 2. The second kappa shape index (κ2) is 3.98. The normalized spacial score (nSPS) is 10.5. The van der Waals surface area contributed by atoms with Gasteiger partial charge in [0.25, 0.3) is 0 Å². The Kier molecular flexibility index (Phi) is 2.68. The molecule has 0 aliphatic heterocycles. The first-order chi connectivity index (χ1) is 7.20. The number of hydrogen-bond donors (Lipinski definition) is 0. The monoisotopic (exact) mass is 220 g/mol. The molecule has 2 heterocycles. The van der Waals surface area contributed by atoms with Crippen LogP contribution in [0.5, 0.6) is 0 Å². The van der Waals surface area contributed by atoms with Crippen molar-refractivity contribution in [2.75, 3.05) is 0 Å². The van der Waals surface area contributed by atoms with Gasteiger partial charge < -0.3 is 0 Å². The van der Waals surface area contributed by atoms with Crippen LogP contribution in [0.2, 0.25) is 0 Å². The number of ketones is 1. The minimum Gasteiger partial charge on any atom is -0.294 e. The van der Waals surface area contributed by atoms with Gasteiger partial charge in [0.15, 0.2) is 5.78 Å². The van der Waals surface area contributed by atoms with Gasteiger partial charge in [0.1, 0.15) is 5.69 Å². The average Bonchev–Trinajstić information content (AvgIpc) is 2.86. The molecule has 0 amide bonds. The van der Waals surface area contributed by atoms with E-state index in [0.717, 1.165) is 22.0 Å². The Hall–Kier alpha value is -1.42. The zero-order valence-corrected chi connectivity index (χ0v) is 9.54. The maximum absolute atomic E-state index is 11.1. The van der Waals surface area contributed by atoms with E-state index < -0.39 is 0 Å². The first kappa shape index (κ1) is 10.1. The first-order valence-corrected chi connectivity index (χ1v) is 5.67. The third-order valence-electron chi connectivity index (χ3n) is 2.17. The molecule has 0 aliphatic carbocycles. The Morgan fingerprint density at radius 1 is 1.47 bits per heavy atom. The van der Waals surface area contributed by atoms with Crippen molar-refractivity contribution in [3.05, 3.63) is 29.3 Å². The van der Waals surface area contributed by atoms with E-state index in [0.29, 0.717) is 0 Å². The lowest BCUT2D eigenvalue weighted by atomic mass is 10.3. The van der Waals surface area contributed by atoms with Gasteiger partial charge in [0, 0.05) is 12.7 Å². The molecule has 2 aromatic rings. The summed E-state index contributed by atoms with van der Waals surface area (Å²) in [6.07, 6.45) is 1.95. The molecule has 15 heavy (non-hydrogen) atoms. The van der Waals surface area contributed by atoms with Crippen molar-refractivity contribution in [1.82, 2.24) is 9.78 Å². The number of thiophene rings is 1. The predicted octanol–water partition coefficient (Wildman–Crippen LogP) is 2.83. The fourth-order valence-electron chi connectivity index (χ4n) is 1.33. The number of aryl methyl sites for hydroxylation is 1. The number of nitrogens with zero attached hydrogens (tertiary/aromatic N) is 2. The lowest BCUT2D eigenvalue weighted by Crippen LogP contribution is -1.93. The molecule has 2 rings (SSSR count). The van der Waals surface area contributed by atoms with Crippen molar-refractivity contribution in [3.63, 3.8) is 0 Å². The Morgan fingerprint density at radius 3 is 2.80 bits per heavy atom. The Labute approximate surface area is 92.4 Å². The van der Waals surface area contributed by atoms with Crippen molar-refractivity contribution in [1.29, 1.82) is 0 Å². The Morgan fingerprint density at radius 2 is 2.27 bits per heavy atom. The Bertz CT molecular complexity index is 484. The summed E-state index contributed by atoms with van der Waals surface area (Å²) in [6.45, 7) is 4.50. The number of Topliss-reactive ketones (excluding diaryl/α,β-unsaturated/α-hetero) is 1. The van der Waals surface area contributed by atoms with E-state index in [1.165, 1.54) is 11.3 Å². The van der Waals surface area contributed by atoms with Crippen LogP contribution in [0, 0.1) is 0 Å². The molecular weight excluding hydrogens is 208 g/mol. The number of carbonyl (C=O) groups is 1. The summed E-state index contributed by atoms with van der Waals surface area (Å²) in [5, 5.41) is 4.39. The van der Waals surface area contributed by atoms with Gasteiger partial charge in [-0.2, -0.15) is 5.10 Å². The predicted molar refractivity (Wildman–Crippen MR) is 61.2 cm³/mol. The lowest BCUT2D eigenvalue weighted by Gasteiger charge is -1.92. The smallest absolute Gasteiger partial charge is 0.169 e. The van der Waals surface area contributed by atoms with Gasteiger partial charge in [-0.05, 0) is 32.0 Å². The van der Waals surface area contributed by atoms with Crippen LogP contribution in [0.3, 0.4) is 0 Å². The molecule has 78 valence electrons. The second-order valence-corrected chi connectivity index (χ2v) is 4.36. The molecule has 3 nitrogen and oxygen atoms in total. The van der Waals surface area contributed by atoms with Gasteiger partial charge in [0.2, 0.25) is 0 Å². The maximum atomic E-state index is 11.1. The molecular formula is C11H12N2OS. The summed E-state index contributed by atoms with van der Waals surface area (Å²) >= 11 is 1.49. The molecule has 0 saturated heterocycles. The highest BCUT2D eigenvalue weighted by atomic mass is 32.1. The third-order valence-corrected chi connectivity index (χ3v) is 3.38. The summed E-state index contributed by atoms with van der Waals surface area (Å²) < 4.78 is 1.88. The summed E-state index contributed by atoms with van der Waals surface area (Å²) in [4.78, 5) is 13.0. The van der Waals surface area contributed by atoms with E-state index in [1.54, 1.807) is 6.92 Å². The largest absolute Gasteiger partial charge is 0.294 e. The highest BCUT2D eigenvalue weighted by Crippen LogP contribution is 2.26. The SMILES string of the molecule is CCn1ccc(-c2ccc(C(C)=O)s2)n1. The van der Waals surface area contributed by atoms with Gasteiger partial charge in [-0.1, -0.05) is 0 Å².